The summed E-state index contributed by atoms with van der Waals surface area (Å²) >= 11 is 5.84. The molecule has 0 spiro atoms. The maximum Gasteiger partial charge on any atom is 0.132 e. The third kappa shape index (κ3) is 2.36. The van der Waals surface area contributed by atoms with E-state index < -0.39 is 0 Å². The van der Waals surface area contributed by atoms with Crippen molar-refractivity contribution in [2.75, 3.05) is 0 Å². The van der Waals surface area contributed by atoms with Gasteiger partial charge in [-0.2, -0.15) is 0 Å². The molecule has 1 aliphatic heterocycles. The van der Waals surface area contributed by atoms with Crippen molar-refractivity contribution in [3.05, 3.63) is 47.0 Å². The Bertz CT molecular complexity index is 533. The molecule has 0 saturated carbocycles. The number of hydrogen-bond acceptors (Lipinski definition) is 2. The van der Waals surface area contributed by atoms with Crippen LogP contribution in [0.5, 0.6) is 5.75 Å². The van der Waals surface area contributed by atoms with E-state index in [4.69, 9.17) is 16.3 Å². The predicted octanol–water partition coefficient (Wildman–Crippen LogP) is 3.45. The molecule has 18 heavy (non-hydrogen) atoms. The molecule has 0 fully saturated rings. The number of hydrogen-bond donors (Lipinski definition) is 0. The highest BCUT2D eigenvalue weighted by Crippen LogP contribution is 2.20. The van der Waals surface area contributed by atoms with Crippen LogP contribution in [0, 0.1) is 0 Å². The van der Waals surface area contributed by atoms with E-state index in [2.05, 4.69) is 9.55 Å². The second-order valence-electron chi connectivity index (χ2n) is 4.53. The lowest BCUT2D eigenvalue weighted by Gasteiger charge is -2.15. The van der Waals surface area contributed by atoms with Crippen molar-refractivity contribution in [3.8, 4) is 5.75 Å². The van der Waals surface area contributed by atoms with Gasteiger partial charge in [-0.1, -0.05) is 11.6 Å². The lowest BCUT2D eigenvalue weighted by Crippen LogP contribution is -2.11. The van der Waals surface area contributed by atoms with Crippen LogP contribution in [0.15, 0.2) is 30.6 Å². The van der Waals surface area contributed by atoms with Crippen molar-refractivity contribution in [2.45, 2.75) is 32.4 Å². The molecular weight excluding hydrogens is 248 g/mol. The first-order valence-corrected chi connectivity index (χ1v) is 6.62. The number of imidazole rings is 1. The second-order valence-corrected chi connectivity index (χ2v) is 4.97. The van der Waals surface area contributed by atoms with Gasteiger partial charge in [0.2, 0.25) is 0 Å². The summed E-state index contributed by atoms with van der Waals surface area (Å²) in [6, 6.07) is 7.43. The van der Waals surface area contributed by atoms with Crippen LogP contribution in [0.1, 0.15) is 24.2 Å². The molecule has 2 aromatic rings. The Kier molecular flexibility index (Phi) is 3.24. The maximum atomic E-state index is 5.84. The van der Waals surface area contributed by atoms with E-state index in [0.717, 1.165) is 29.4 Å². The molecule has 94 valence electrons. The summed E-state index contributed by atoms with van der Waals surface area (Å²) in [4.78, 5) is 4.44. The number of aromatic nitrogens is 2. The number of ether oxygens (including phenoxy) is 1. The van der Waals surface area contributed by atoms with Crippen molar-refractivity contribution >= 4 is 11.6 Å². The smallest absolute Gasteiger partial charge is 0.132 e. The van der Waals surface area contributed by atoms with Crippen LogP contribution >= 0.6 is 11.6 Å². The Morgan fingerprint density at radius 1 is 1.22 bits per heavy atom. The molecule has 2 heterocycles. The van der Waals surface area contributed by atoms with Crippen LogP contribution in [-0.4, -0.2) is 9.55 Å². The molecule has 4 heteroatoms. The second kappa shape index (κ2) is 5.02. The van der Waals surface area contributed by atoms with Gasteiger partial charge in [-0.25, -0.2) is 4.98 Å². The third-order valence-corrected chi connectivity index (χ3v) is 3.54. The normalized spacial score (nSPS) is 14.3. The number of fused-ring (bicyclic) bond motifs is 1. The average Bonchev–Trinajstić information content (AvgIpc) is 2.82. The van der Waals surface area contributed by atoms with E-state index in [1.54, 1.807) is 0 Å². The molecule has 0 N–H and O–H groups in total. The minimum atomic E-state index is 0.532. The van der Waals surface area contributed by atoms with Gasteiger partial charge in [0.05, 0.1) is 12.0 Å². The Hall–Kier alpha value is -1.48. The van der Waals surface area contributed by atoms with Crippen LogP contribution < -0.4 is 4.74 Å². The highest BCUT2D eigenvalue weighted by Gasteiger charge is 2.14. The van der Waals surface area contributed by atoms with E-state index in [9.17, 15) is 0 Å². The minimum absolute atomic E-state index is 0.532. The van der Waals surface area contributed by atoms with E-state index in [1.165, 1.54) is 18.5 Å². The van der Waals surface area contributed by atoms with Gasteiger partial charge in [0.1, 0.15) is 12.4 Å². The number of aryl methyl sites for hydroxylation is 1. The highest BCUT2D eigenvalue weighted by atomic mass is 35.5. The van der Waals surface area contributed by atoms with E-state index in [1.807, 2.05) is 30.6 Å². The Morgan fingerprint density at radius 3 is 2.89 bits per heavy atom. The fourth-order valence-corrected chi connectivity index (χ4v) is 2.43. The standard InChI is InChI=1S/C14H15ClN2O/c15-11-4-6-12(7-5-11)18-9-13-14-3-1-2-8-17(14)10-16-13/h4-7,10H,1-3,8-9H2. The lowest BCUT2D eigenvalue weighted by molar-refractivity contribution is 0.299. The summed E-state index contributed by atoms with van der Waals surface area (Å²) in [5, 5.41) is 0.724. The van der Waals surface area contributed by atoms with Crippen molar-refractivity contribution in [1.82, 2.24) is 9.55 Å². The summed E-state index contributed by atoms with van der Waals surface area (Å²) < 4.78 is 7.98. The quantitative estimate of drug-likeness (QED) is 0.847. The molecule has 0 bridgehead atoms. The molecular formula is C14H15ClN2O. The summed E-state index contributed by atoms with van der Waals surface area (Å²) in [5.41, 5.74) is 2.39. The van der Waals surface area contributed by atoms with Crippen LogP contribution in [-0.2, 0) is 19.6 Å². The molecule has 0 atom stereocenters. The summed E-state index contributed by atoms with van der Waals surface area (Å²) in [5.74, 6) is 0.831. The minimum Gasteiger partial charge on any atom is -0.487 e. The zero-order chi connectivity index (χ0) is 12.4. The Labute approximate surface area is 111 Å². The molecule has 0 saturated heterocycles. The van der Waals surface area contributed by atoms with Gasteiger partial charge in [0, 0.05) is 17.3 Å². The van der Waals surface area contributed by atoms with Crippen LogP contribution in [0.25, 0.3) is 0 Å². The third-order valence-electron chi connectivity index (χ3n) is 3.28. The zero-order valence-electron chi connectivity index (χ0n) is 10.1. The first-order valence-electron chi connectivity index (χ1n) is 6.24. The Balaban J connectivity index is 1.70. The van der Waals surface area contributed by atoms with Crippen molar-refractivity contribution in [2.24, 2.45) is 0 Å². The van der Waals surface area contributed by atoms with Gasteiger partial charge >= 0.3 is 0 Å². The number of rotatable bonds is 3. The lowest BCUT2D eigenvalue weighted by atomic mass is 10.1. The van der Waals surface area contributed by atoms with E-state index in [0.29, 0.717) is 6.61 Å². The molecule has 1 aliphatic rings. The van der Waals surface area contributed by atoms with Crippen LogP contribution in [0.3, 0.4) is 0 Å². The van der Waals surface area contributed by atoms with Gasteiger partial charge in [-0.15, -0.1) is 0 Å². The number of halogens is 1. The van der Waals surface area contributed by atoms with Crippen molar-refractivity contribution < 1.29 is 4.74 Å². The van der Waals surface area contributed by atoms with Crippen LogP contribution in [0.2, 0.25) is 5.02 Å². The largest absolute Gasteiger partial charge is 0.487 e. The number of benzene rings is 1. The topological polar surface area (TPSA) is 27.1 Å². The predicted molar refractivity (Wildman–Crippen MR) is 70.9 cm³/mol. The number of nitrogens with zero attached hydrogens (tertiary/aromatic N) is 2. The van der Waals surface area contributed by atoms with Crippen molar-refractivity contribution in [3.63, 3.8) is 0 Å². The van der Waals surface area contributed by atoms with E-state index >= 15 is 0 Å². The monoisotopic (exact) mass is 262 g/mol. The highest BCUT2D eigenvalue weighted by molar-refractivity contribution is 6.30. The van der Waals surface area contributed by atoms with Gasteiger partial charge in [-0.3, -0.25) is 0 Å². The fraction of sp³-hybridized carbons (Fsp3) is 0.357. The molecule has 1 aromatic carbocycles. The first-order chi connectivity index (χ1) is 8.83. The molecule has 3 rings (SSSR count). The van der Waals surface area contributed by atoms with E-state index in [-0.39, 0.29) is 0 Å². The van der Waals surface area contributed by atoms with Gasteiger partial charge in [0.25, 0.3) is 0 Å². The maximum absolute atomic E-state index is 5.84. The Morgan fingerprint density at radius 2 is 2.06 bits per heavy atom. The molecule has 0 aliphatic carbocycles. The van der Waals surface area contributed by atoms with Gasteiger partial charge in [0.15, 0.2) is 0 Å². The summed E-state index contributed by atoms with van der Waals surface area (Å²) in [7, 11) is 0. The SMILES string of the molecule is Clc1ccc(OCc2ncn3c2CCCC3)cc1. The van der Waals surface area contributed by atoms with Crippen LogP contribution in [0.4, 0.5) is 0 Å². The first kappa shape index (κ1) is 11.6. The van der Waals surface area contributed by atoms with Gasteiger partial charge in [-0.05, 0) is 43.5 Å². The molecule has 1 aromatic heterocycles. The molecule has 0 unspecified atom stereocenters. The average molecular weight is 263 g/mol. The summed E-state index contributed by atoms with van der Waals surface area (Å²) in [6.45, 7) is 1.62. The van der Waals surface area contributed by atoms with Gasteiger partial charge < -0.3 is 9.30 Å². The summed E-state index contributed by atoms with van der Waals surface area (Å²) in [6.07, 6.45) is 5.54. The van der Waals surface area contributed by atoms with Crippen molar-refractivity contribution in [1.29, 1.82) is 0 Å². The molecule has 0 amide bonds. The molecule has 3 nitrogen and oxygen atoms in total. The fourth-order valence-electron chi connectivity index (χ4n) is 2.31. The zero-order valence-corrected chi connectivity index (χ0v) is 10.9. The molecule has 0 radical (unpaired) electrons.